The predicted molar refractivity (Wildman–Crippen MR) is 130 cm³/mol. The average molecular weight is 505 g/mol. The summed E-state index contributed by atoms with van der Waals surface area (Å²) < 4.78 is 6.70. The van der Waals surface area contributed by atoms with Gasteiger partial charge in [0.1, 0.15) is 5.03 Å². The average Bonchev–Trinajstić information content (AvgIpc) is 3.47. The molecule has 0 unspecified atom stereocenters. The van der Waals surface area contributed by atoms with E-state index in [1.54, 1.807) is 28.2 Å². The van der Waals surface area contributed by atoms with Crippen LogP contribution in [0.15, 0.2) is 32.7 Å². The molecule has 0 radical (unpaired) electrons. The Bertz CT molecular complexity index is 1190. The zero-order valence-corrected chi connectivity index (χ0v) is 20.6. The molecule has 174 valence electrons. The standard InChI is InChI=1S/C22H24N4O4S3/c1-2-30-19(28)10-14-12-33-21(23-14)24-18(27)13-32-20-16-7-3-4-8-17(16)26(22(29)25-20)11-15-6-5-9-31-15/h5-6,9,12H,2-4,7-8,10-11,13H2,1H3,(H,23,24,27). The minimum Gasteiger partial charge on any atom is -0.466 e. The van der Waals surface area contributed by atoms with Gasteiger partial charge in [-0.3, -0.25) is 14.2 Å². The molecule has 11 heteroatoms. The fourth-order valence-electron chi connectivity index (χ4n) is 3.68. The van der Waals surface area contributed by atoms with Crippen molar-refractivity contribution in [1.29, 1.82) is 0 Å². The van der Waals surface area contributed by atoms with Gasteiger partial charge in [-0.05, 0) is 44.1 Å². The number of amides is 1. The molecule has 1 N–H and O–H groups in total. The zero-order chi connectivity index (χ0) is 23.2. The van der Waals surface area contributed by atoms with Crippen LogP contribution in [-0.4, -0.2) is 38.8 Å². The normalized spacial score (nSPS) is 12.9. The second kappa shape index (κ2) is 11.1. The predicted octanol–water partition coefficient (Wildman–Crippen LogP) is 3.52. The van der Waals surface area contributed by atoms with Crippen molar-refractivity contribution in [3.8, 4) is 0 Å². The molecule has 0 atom stereocenters. The summed E-state index contributed by atoms with van der Waals surface area (Å²) in [5.74, 6) is -0.451. The molecule has 3 heterocycles. The molecule has 1 aliphatic rings. The van der Waals surface area contributed by atoms with Gasteiger partial charge in [0.25, 0.3) is 0 Å². The molecular formula is C22H24N4O4S3. The number of carbonyl (C=O) groups is 2. The number of hydrogen-bond donors (Lipinski definition) is 1. The lowest BCUT2D eigenvalue weighted by molar-refractivity contribution is -0.142. The maximum absolute atomic E-state index is 12.8. The van der Waals surface area contributed by atoms with Gasteiger partial charge in [0.15, 0.2) is 5.13 Å². The molecule has 0 saturated heterocycles. The van der Waals surface area contributed by atoms with Crippen molar-refractivity contribution < 1.29 is 14.3 Å². The third kappa shape index (κ3) is 6.10. The fraction of sp³-hybridized carbons (Fsp3) is 0.409. The highest BCUT2D eigenvalue weighted by molar-refractivity contribution is 8.00. The van der Waals surface area contributed by atoms with Gasteiger partial charge < -0.3 is 10.1 Å². The van der Waals surface area contributed by atoms with Gasteiger partial charge in [0.05, 0.1) is 31.0 Å². The first-order chi connectivity index (χ1) is 16.0. The van der Waals surface area contributed by atoms with Crippen LogP contribution in [0, 0.1) is 0 Å². The number of nitrogens with one attached hydrogen (secondary N) is 1. The maximum atomic E-state index is 12.8. The Kier molecular flexibility index (Phi) is 7.94. The number of fused-ring (bicyclic) bond motifs is 1. The van der Waals surface area contributed by atoms with E-state index in [2.05, 4.69) is 15.3 Å². The Hall–Kier alpha value is -2.50. The number of hydrogen-bond acceptors (Lipinski definition) is 9. The molecule has 0 saturated carbocycles. The van der Waals surface area contributed by atoms with Crippen molar-refractivity contribution in [3.05, 3.63) is 55.2 Å². The Morgan fingerprint density at radius 3 is 2.88 bits per heavy atom. The van der Waals surface area contributed by atoms with Crippen LogP contribution >= 0.6 is 34.4 Å². The van der Waals surface area contributed by atoms with Crippen LogP contribution in [0.1, 0.15) is 41.6 Å². The van der Waals surface area contributed by atoms with Crippen LogP contribution in [0.25, 0.3) is 0 Å². The number of rotatable bonds is 9. The Balaban J connectivity index is 1.41. The molecule has 8 nitrogen and oxygen atoms in total. The summed E-state index contributed by atoms with van der Waals surface area (Å²) in [5.41, 5.74) is 2.42. The molecule has 0 bridgehead atoms. The quantitative estimate of drug-likeness (QED) is 0.270. The number of nitrogens with zero attached hydrogens (tertiary/aromatic N) is 3. The van der Waals surface area contributed by atoms with Crippen LogP contribution in [-0.2, 0) is 40.1 Å². The highest BCUT2D eigenvalue weighted by Crippen LogP contribution is 2.29. The van der Waals surface area contributed by atoms with Gasteiger partial charge in [-0.1, -0.05) is 17.8 Å². The zero-order valence-electron chi connectivity index (χ0n) is 18.2. The first-order valence-electron chi connectivity index (χ1n) is 10.7. The van der Waals surface area contributed by atoms with E-state index < -0.39 is 0 Å². The number of thiazole rings is 1. The lowest BCUT2D eigenvalue weighted by atomic mass is 9.97. The number of aromatic nitrogens is 3. The lowest BCUT2D eigenvalue weighted by Crippen LogP contribution is -2.30. The summed E-state index contributed by atoms with van der Waals surface area (Å²) in [6.07, 6.45) is 3.88. The molecular weight excluding hydrogens is 480 g/mol. The third-order valence-electron chi connectivity index (χ3n) is 5.11. The summed E-state index contributed by atoms with van der Waals surface area (Å²) >= 11 is 4.17. The first kappa shape index (κ1) is 23.7. The number of carbonyl (C=O) groups excluding carboxylic acids is 2. The van der Waals surface area contributed by atoms with Gasteiger partial charge in [-0.25, -0.2) is 9.78 Å². The molecule has 33 heavy (non-hydrogen) atoms. The Morgan fingerprint density at radius 2 is 2.09 bits per heavy atom. The van der Waals surface area contributed by atoms with Crippen molar-refractivity contribution in [1.82, 2.24) is 14.5 Å². The summed E-state index contributed by atoms with van der Waals surface area (Å²) in [4.78, 5) is 46.6. The van der Waals surface area contributed by atoms with Gasteiger partial charge in [0.2, 0.25) is 5.91 Å². The largest absolute Gasteiger partial charge is 0.466 e. The van der Waals surface area contributed by atoms with Crippen LogP contribution < -0.4 is 11.0 Å². The monoisotopic (exact) mass is 504 g/mol. The smallest absolute Gasteiger partial charge is 0.349 e. The van der Waals surface area contributed by atoms with Crippen molar-refractivity contribution in [2.24, 2.45) is 0 Å². The SMILES string of the molecule is CCOC(=O)Cc1csc(NC(=O)CSc2nc(=O)n(Cc3cccs3)c3c2CCCC3)n1. The second-order valence-corrected chi connectivity index (χ2v) is 10.3. The fourth-order valence-corrected chi connectivity index (χ4v) is 5.98. The van der Waals surface area contributed by atoms with Crippen LogP contribution in [0.5, 0.6) is 0 Å². The highest BCUT2D eigenvalue weighted by Gasteiger charge is 2.21. The van der Waals surface area contributed by atoms with Crippen LogP contribution in [0.3, 0.4) is 0 Å². The molecule has 0 spiro atoms. The molecule has 1 amide bonds. The second-order valence-electron chi connectivity index (χ2n) is 7.46. The number of esters is 1. The highest BCUT2D eigenvalue weighted by atomic mass is 32.2. The summed E-state index contributed by atoms with van der Waals surface area (Å²) in [6.45, 7) is 2.61. The van der Waals surface area contributed by atoms with Crippen molar-refractivity contribution in [2.45, 2.75) is 50.6 Å². The van der Waals surface area contributed by atoms with Crippen LogP contribution in [0.2, 0.25) is 0 Å². The summed E-state index contributed by atoms with van der Waals surface area (Å²) in [5, 5.41) is 7.57. The molecule has 3 aromatic heterocycles. The van der Waals surface area contributed by atoms with Gasteiger partial charge in [0, 0.05) is 21.5 Å². The van der Waals surface area contributed by atoms with E-state index in [4.69, 9.17) is 4.74 Å². The van der Waals surface area contributed by atoms with E-state index in [-0.39, 0.29) is 29.7 Å². The Morgan fingerprint density at radius 1 is 1.24 bits per heavy atom. The molecule has 4 rings (SSSR count). The van der Waals surface area contributed by atoms with Gasteiger partial charge in [-0.2, -0.15) is 4.98 Å². The topological polar surface area (TPSA) is 103 Å². The summed E-state index contributed by atoms with van der Waals surface area (Å²) in [7, 11) is 0. The van der Waals surface area contributed by atoms with E-state index in [1.807, 2.05) is 17.5 Å². The first-order valence-corrected chi connectivity index (χ1v) is 13.5. The molecule has 1 aliphatic carbocycles. The van der Waals surface area contributed by atoms with Gasteiger partial charge >= 0.3 is 11.7 Å². The van der Waals surface area contributed by atoms with Gasteiger partial charge in [-0.15, -0.1) is 22.7 Å². The molecule has 0 aliphatic heterocycles. The van der Waals surface area contributed by atoms with E-state index in [1.165, 1.54) is 23.1 Å². The number of ether oxygens (including phenoxy) is 1. The lowest BCUT2D eigenvalue weighted by Gasteiger charge is -2.22. The third-order valence-corrected chi connectivity index (χ3v) is 7.80. The van der Waals surface area contributed by atoms with E-state index >= 15 is 0 Å². The van der Waals surface area contributed by atoms with E-state index in [9.17, 15) is 14.4 Å². The number of anilines is 1. The van der Waals surface area contributed by atoms with E-state index in [0.29, 0.717) is 29.0 Å². The number of thioether (sulfide) groups is 1. The number of thiophene rings is 1. The minimum atomic E-state index is -0.346. The summed E-state index contributed by atoms with van der Waals surface area (Å²) in [6, 6.07) is 4.01. The molecule has 0 fully saturated rings. The maximum Gasteiger partial charge on any atom is 0.349 e. The van der Waals surface area contributed by atoms with Crippen molar-refractivity contribution >= 4 is 51.4 Å². The van der Waals surface area contributed by atoms with Crippen molar-refractivity contribution in [3.63, 3.8) is 0 Å². The minimum absolute atomic E-state index is 0.0762. The van der Waals surface area contributed by atoms with Crippen LogP contribution in [0.4, 0.5) is 5.13 Å². The van der Waals surface area contributed by atoms with E-state index in [0.717, 1.165) is 41.8 Å². The molecule has 3 aromatic rings. The molecule has 0 aromatic carbocycles. The van der Waals surface area contributed by atoms with Crippen molar-refractivity contribution in [2.75, 3.05) is 17.7 Å². The Labute approximate surface area is 203 Å².